The second kappa shape index (κ2) is 8.63. The third-order valence-corrected chi connectivity index (χ3v) is 7.43. The first-order chi connectivity index (χ1) is 15.2. The zero-order valence-corrected chi connectivity index (χ0v) is 17.9. The van der Waals surface area contributed by atoms with Crippen molar-refractivity contribution in [3.05, 3.63) is 48.5 Å². The van der Waals surface area contributed by atoms with Crippen LogP contribution in [0.2, 0.25) is 0 Å². The summed E-state index contributed by atoms with van der Waals surface area (Å²) in [5.41, 5.74) is 3.52. The number of H-pyrrole nitrogens is 1. The van der Waals surface area contributed by atoms with Crippen molar-refractivity contribution in [2.75, 3.05) is 11.1 Å². The zero-order chi connectivity index (χ0) is 21.2. The molecule has 0 saturated carbocycles. The van der Waals surface area contributed by atoms with E-state index in [1.165, 1.54) is 0 Å². The van der Waals surface area contributed by atoms with E-state index in [2.05, 4.69) is 25.9 Å². The van der Waals surface area contributed by atoms with Crippen LogP contribution in [0.3, 0.4) is 0 Å². The van der Waals surface area contributed by atoms with Gasteiger partial charge in [0.1, 0.15) is 5.82 Å². The number of para-hydroxylation sites is 3. The molecule has 0 spiro atoms. The maximum Gasteiger partial charge on any atom is 0.315 e. The quantitative estimate of drug-likeness (QED) is 0.334. The molecule has 2 aliphatic rings. The fourth-order valence-corrected chi connectivity index (χ4v) is 5.91. The molecule has 2 aromatic carbocycles. The van der Waals surface area contributed by atoms with Gasteiger partial charge in [-0.1, -0.05) is 30.7 Å². The van der Waals surface area contributed by atoms with Gasteiger partial charge in [0.25, 0.3) is 0 Å². The molecule has 8 heteroatoms. The van der Waals surface area contributed by atoms with E-state index in [1.54, 1.807) is 0 Å². The van der Waals surface area contributed by atoms with E-state index >= 15 is 0 Å². The summed E-state index contributed by atoms with van der Waals surface area (Å²) in [5, 5.41) is 9.47. The van der Waals surface area contributed by atoms with Crippen LogP contribution in [0.15, 0.2) is 48.5 Å². The van der Waals surface area contributed by atoms with Crippen LogP contribution in [0.4, 0.5) is 10.5 Å². The lowest BCUT2D eigenvalue weighted by atomic mass is 10.0. The van der Waals surface area contributed by atoms with Gasteiger partial charge in [0.2, 0.25) is 5.91 Å². The van der Waals surface area contributed by atoms with Crippen molar-refractivity contribution in [3.63, 3.8) is 0 Å². The van der Waals surface area contributed by atoms with Crippen LogP contribution in [-0.2, 0) is 4.79 Å². The van der Waals surface area contributed by atoms with E-state index in [0.29, 0.717) is 11.7 Å². The molecule has 31 heavy (non-hydrogen) atoms. The first-order valence-corrected chi connectivity index (χ1v) is 11.7. The average molecular weight is 436 g/mol. The average Bonchev–Trinajstić information content (AvgIpc) is 3.45. The van der Waals surface area contributed by atoms with Gasteiger partial charge in [-0.25, -0.2) is 9.78 Å². The highest BCUT2D eigenvalue weighted by Gasteiger charge is 2.42. The molecule has 3 heterocycles. The van der Waals surface area contributed by atoms with Crippen LogP contribution in [-0.4, -0.2) is 45.0 Å². The third kappa shape index (κ3) is 4.25. The first-order valence-electron chi connectivity index (χ1n) is 10.7. The minimum atomic E-state index is -0.0530. The van der Waals surface area contributed by atoms with E-state index in [0.717, 1.165) is 53.1 Å². The van der Waals surface area contributed by atoms with Crippen molar-refractivity contribution in [2.24, 2.45) is 0 Å². The second-order valence-corrected chi connectivity index (χ2v) is 9.34. The summed E-state index contributed by atoms with van der Waals surface area (Å²) in [6.07, 6.45) is 3.28. The summed E-state index contributed by atoms with van der Waals surface area (Å²) >= 11 is 1.91. The minimum absolute atomic E-state index is 0.0105. The molecular formula is C23H25N5O2S. The fraction of sp³-hybridized carbons (Fsp3) is 0.348. The Hall–Kier alpha value is -3.00. The van der Waals surface area contributed by atoms with Crippen molar-refractivity contribution < 1.29 is 9.59 Å². The van der Waals surface area contributed by atoms with Crippen LogP contribution in [0.5, 0.6) is 0 Å². The number of rotatable bonds is 7. The Morgan fingerprint density at radius 3 is 2.84 bits per heavy atom. The lowest BCUT2D eigenvalue weighted by Crippen LogP contribution is -2.36. The highest BCUT2D eigenvalue weighted by atomic mass is 32.2. The number of benzene rings is 2. The number of anilines is 1. The van der Waals surface area contributed by atoms with Gasteiger partial charge in [0.05, 0.1) is 28.8 Å². The van der Waals surface area contributed by atoms with Gasteiger partial charge in [-0.15, -0.1) is 0 Å². The minimum Gasteiger partial charge on any atom is -0.338 e. The third-order valence-electron chi connectivity index (χ3n) is 5.93. The summed E-state index contributed by atoms with van der Waals surface area (Å²) in [4.78, 5) is 32.0. The molecular weight excluding hydrogens is 410 g/mol. The molecule has 5 rings (SSSR count). The standard InChI is InChI=1S/C23H25N5O2S/c29-20(12-6-5-11-19-21-18(13-31-19)27-23(30)28-21)24-15-8-2-1-7-14(15)22-25-16-9-3-4-10-17(16)26-22/h1-4,7-10,18-19,21H,5-6,11-13H2,(H,24,29)(H,25,26)(H2,27,28,30)/t18-,19-,21-/m0/s1. The van der Waals surface area contributed by atoms with Crippen LogP contribution in [0.1, 0.15) is 25.7 Å². The fourth-order valence-electron chi connectivity index (χ4n) is 4.37. The number of thioether (sulfide) groups is 1. The number of carbonyl (C=O) groups is 2. The number of imidazole rings is 1. The number of hydrogen-bond acceptors (Lipinski definition) is 4. The van der Waals surface area contributed by atoms with Gasteiger partial charge in [0.15, 0.2) is 0 Å². The molecule has 0 bridgehead atoms. The number of nitrogens with zero attached hydrogens (tertiary/aromatic N) is 1. The Labute approximate surface area is 184 Å². The Balaban J connectivity index is 1.15. The van der Waals surface area contributed by atoms with Gasteiger partial charge >= 0.3 is 6.03 Å². The summed E-state index contributed by atoms with van der Waals surface area (Å²) < 4.78 is 0. The predicted octanol–water partition coefficient (Wildman–Crippen LogP) is 3.89. The van der Waals surface area contributed by atoms with Crippen molar-refractivity contribution in [2.45, 2.75) is 43.0 Å². The molecule has 0 aliphatic carbocycles. The van der Waals surface area contributed by atoms with Gasteiger partial charge in [-0.05, 0) is 37.1 Å². The normalized spacial score (nSPS) is 22.2. The maximum atomic E-state index is 12.6. The van der Waals surface area contributed by atoms with Gasteiger partial charge in [-0.3, -0.25) is 4.79 Å². The number of nitrogens with one attached hydrogen (secondary N) is 4. The lowest BCUT2D eigenvalue weighted by molar-refractivity contribution is -0.116. The zero-order valence-electron chi connectivity index (χ0n) is 17.1. The number of urea groups is 1. The molecule has 7 nitrogen and oxygen atoms in total. The van der Waals surface area contributed by atoms with Crippen LogP contribution < -0.4 is 16.0 Å². The number of aromatic nitrogens is 2. The Kier molecular flexibility index (Phi) is 5.55. The molecule has 3 amide bonds. The van der Waals surface area contributed by atoms with E-state index in [9.17, 15) is 9.59 Å². The predicted molar refractivity (Wildman–Crippen MR) is 124 cm³/mol. The lowest BCUT2D eigenvalue weighted by Gasteiger charge is -2.16. The Bertz CT molecular complexity index is 1080. The molecule has 160 valence electrons. The maximum absolute atomic E-state index is 12.6. The molecule has 2 saturated heterocycles. The van der Waals surface area contributed by atoms with Crippen molar-refractivity contribution in [1.29, 1.82) is 0 Å². The molecule has 0 radical (unpaired) electrons. The van der Waals surface area contributed by atoms with Gasteiger partial charge in [-0.2, -0.15) is 11.8 Å². The van der Waals surface area contributed by atoms with Crippen molar-refractivity contribution in [1.82, 2.24) is 20.6 Å². The van der Waals surface area contributed by atoms with Gasteiger partial charge in [0, 0.05) is 23.0 Å². The summed E-state index contributed by atoms with van der Waals surface area (Å²) in [7, 11) is 0. The molecule has 2 fully saturated rings. The first kappa shape index (κ1) is 19.9. The molecule has 4 N–H and O–H groups in total. The van der Waals surface area contributed by atoms with E-state index in [1.807, 2.05) is 60.3 Å². The van der Waals surface area contributed by atoms with Gasteiger partial charge < -0.3 is 20.9 Å². The molecule has 0 unspecified atom stereocenters. The van der Waals surface area contributed by atoms with Crippen LogP contribution in [0.25, 0.3) is 22.4 Å². The largest absolute Gasteiger partial charge is 0.338 e. The highest BCUT2D eigenvalue weighted by Crippen LogP contribution is 2.33. The summed E-state index contributed by atoms with van der Waals surface area (Å²) in [6.45, 7) is 0. The Morgan fingerprint density at radius 2 is 1.94 bits per heavy atom. The van der Waals surface area contributed by atoms with Crippen molar-refractivity contribution >= 4 is 40.4 Å². The number of amides is 3. The number of fused-ring (bicyclic) bond motifs is 2. The molecule has 1 aromatic heterocycles. The van der Waals surface area contributed by atoms with E-state index in [4.69, 9.17) is 0 Å². The van der Waals surface area contributed by atoms with E-state index in [-0.39, 0.29) is 24.0 Å². The number of unbranched alkanes of at least 4 members (excludes halogenated alkanes) is 1. The Morgan fingerprint density at radius 1 is 1.10 bits per heavy atom. The summed E-state index contributed by atoms with van der Waals surface area (Å²) in [5.74, 6) is 1.72. The topological polar surface area (TPSA) is 98.9 Å². The number of hydrogen-bond donors (Lipinski definition) is 4. The number of aromatic amines is 1. The second-order valence-electron chi connectivity index (χ2n) is 8.06. The number of carbonyl (C=O) groups excluding carboxylic acids is 2. The monoisotopic (exact) mass is 435 g/mol. The van der Waals surface area contributed by atoms with Crippen molar-refractivity contribution in [3.8, 4) is 11.4 Å². The van der Waals surface area contributed by atoms with Crippen LogP contribution >= 0.6 is 11.8 Å². The van der Waals surface area contributed by atoms with E-state index < -0.39 is 0 Å². The van der Waals surface area contributed by atoms with Crippen LogP contribution in [0, 0.1) is 0 Å². The molecule has 3 atom stereocenters. The smallest absolute Gasteiger partial charge is 0.315 e. The summed E-state index contributed by atoms with van der Waals surface area (Å²) in [6, 6.07) is 16.0. The SMILES string of the molecule is O=C(CCCC[C@@H]1SC[C@@H]2NC(=O)N[C@@H]21)Nc1ccccc1-c1nc2ccccc2[nH]1. The molecule has 3 aromatic rings. The highest BCUT2D eigenvalue weighted by molar-refractivity contribution is 8.00. The molecule has 2 aliphatic heterocycles.